The molecular formula is C20H26N4O2. The van der Waals surface area contributed by atoms with Crippen molar-refractivity contribution in [3.05, 3.63) is 47.4 Å². The smallest absolute Gasteiger partial charge is 0.255 e. The molecule has 3 rings (SSSR count). The van der Waals surface area contributed by atoms with Crippen molar-refractivity contribution in [2.24, 2.45) is 0 Å². The van der Waals surface area contributed by atoms with Crippen molar-refractivity contribution >= 4 is 11.7 Å². The number of carbonyl (C=O) groups excluding carboxylic acids is 1. The van der Waals surface area contributed by atoms with Gasteiger partial charge < -0.3 is 15.4 Å². The van der Waals surface area contributed by atoms with Crippen molar-refractivity contribution in [1.29, 1.82) is 0 Å². The molecule has 1 aromatic carbocycles. The molecule has 2 aromatic rings. The first-order valence-electron chi connectivity index (χ1n) is 9.16. The number of anilines is 1. The molecule has 1 fully saturated rings. The van der Waals surface area contributed by atoms with Gasteiger partial charge in [-0.25, -0.2) is 4.98 Å². The van der Waals surface area contributed by atoms with Gasteiger partial charge in [0.05, 0.1) is 30.3 Å². The third-order valence-electron chi connectivity index (χ3n) is 4.63. The minimum atomic E-state index is -0.0918. The van der Waals surface area contributed by atoms with Crippen LogP contribution in [0.25, 0.3) is 0 Å². The largest absolute Gasteiger partial charge is 0.493 e. The molecule has 1 saturated carbocycles. The Morgan fingerprint density at radius 1 is 1.19 bits per heavy atom. The minimum Gasteiger partial charge on any atom is -0.493 e. The first-order valence-corrected chi connectivity index (χ1v) is 9.16. The molecule has 1 heterocycles. The average molecular weight is 354 g/mol. The Morgan fingerprint density at radius 3 is 2.73 bits per heavy atom. The number of rotatable bonds is 6. The van der Waals surface area contributed by atoms with E-state index in [4.69, 9.17) is 4.74 Å². The number of aromatic nitrogens is 2. The van der Waals surface area contributed by atoms with Gasteiger partial charge in [0.2, 0.25) is 0 Å². The summed E-state index contributed by atoms with van der Waals surface area (Å²) in [4.78, 5) is 21.5. The molecule has 0 saturated heterocycles. The van der Waals surface area contributed by atoms with E-state index in [0.717, 1.165) is 36.3 Å². The molecule has 1 aromatic heterocycles. The van der Waals surface area contributed by atoms with Crippen LogP contribution in [0.15, 0.2) is 30.6 Å². The number of nitrogens with one attached hydrogen (secondary N) is 2. The summed E-state index contributed by atoms with van der Waals surface area (Å²) in [6, 6.07) is 5.90. The van der Waals surface area contributed by atoms with E-state index in [-0.39, 0.29) is 18.0 Å². The van der Waals surface area contributed by atoms with E-state index in [1.54, 1.807) is 12.4 Å². The summed E-state index contributed by atoms with van der Waals surface area (Å²) in [5.41, 5.74) is 2.51. The molecule has 138 valence electrons. The lowest BCUT2D eigenvalue weighted by Crippen LogP contribution is -2.43. The predicted octanol–water partition coefficient (Wildman–Crippen LogP) is 3.26. The van der Waals surface area contributed by atoms with Crippen LogP contribution in [-0.2, 0) is 0 Å². The highest BCUT2D eigenvalue weighted by atomic mass is 16.5. The van der Waals surface area contributed by atoms with Gasteiger partial charge in [0.1, 0.15) is 11.6 Å². The van der Waals surface area contributed by atoms with Gasteiger partial charge >= 0.3 is 0 Å². The molecule has 0 unspecified atom stereocenters. The second-order valence-corrected chi connectivity index (χ2v) is 6.74. The maximum Gasteiger partial charge on any atom is 0.255 e. The van der Waals surface area contributed by atoms with Crippen LogP contribution in [-0.4, -0.2) is 34.6 Å². The molecule has 2 N–H and O–H groups in total. The maximum absolute atomic E-state index is 12.8. The van der Waals surface area contributed by atoms with Gasteiger partial charge in [-0.1, -0.05) is 11.6 Å². The number of hydrogen-bond acceptors (Lipinski definition) is 5. The summed E-state index contributed by atoms with van der Waals surface area (Å²) in [7, 11) is 0. The molecule has 6 heteroatoms. The summed E-state index contributed by atoms with van der Waals surface area (Å²) in [5.74, 6) is 1.28. The molecule has 1 amide bonds. The number of hydrogen-bond donors (Lipinski definition) is 2. The zero-order valence-corrected chi connectivity index (χ0v) is 15.6. The second-order valence-electron chi connectivity index (χ2n) is 6.74. The van der Waals surface area contributed by atoms with Crippen LogP contribution < -0.4 is 15.4 Å². The van der Waals surface area contributed by atoms with E-state index in [0.29, 0.717) is 17.9 Å². The van der Waals surface area contributed by atoms with Gasteiger partial charge in [0.15, 0.2) is 0 Å². The number of amides is 1. The van der Waals surface area contributed by atoms with Gasteiger partial charge in [-0.15, -0.1) is 0 Å². The highest BCUT2D eigenvalue weighted by Gasteiger charge is 2.29. The fraction of sp³-hybridized carbons (Fsp3) is 0.450. The Balaban J connectivity index is 1.70. The zero-order chi connectivity index (χ0) is 18.5. The van der Waals surface area contributed by atoms with Crippen molar-refractivity contribution in [1.82, 2.24) is 15.3 Å². The molecule has 0 spiro atoms. The lowest BCUT2D eigenvalue weighted by molar-refractivity contribution is 0.0932. The van der Waals surface area contributed by atoms with Gasteiger partial charge in [0, 0.05) is 12.1 Å². The maximum atomic E-state index is 12.8. The summed E-state index contributed by atoms with van der Waals surface area (Å²) in [6.45, 7) is 6.33. The fourth-order valence-corrected chi connectivity index (χ4v) is 3.31. The van der Waals surface area contributed by atoms with E-state index in [1.807, 2.05) is 39.0 Å². The third kappa shape index (κ3) is 4.31. The SMILES string of the molecule is CCOc1ccc(C)cc1C(=O)N[C@H]1CCC[C@@H]1Nc1cnc(C)cn1. The van der Waals surface area contributed by atoms with E-state index >= 15 is 0 Å². The third-order valence-corrected chi connectivity index (χ3v) is 4.63. The standard InChI is InChI=1S/C20H26N4O2/c1-4-26-18-9-8-13(2)10-15(18)20(25)24-17-7-5-6-16(17)23-19-12-21-14(3)11-22-19/h8-12,16-17H,4-7H2,1-3H3,(H,22,23)(H,24,25)/t16-,17-/m0/s1. The molecule has 6 nitrogen and oxygen atoms in total. The predicted molar refractivity (Wildman–Crippen MR) is 102 cm³/mol. The summed E-state index contributed by atoms with van der Waals surface area (Å²) < 4.78 is 5.62. The molecule has 0 aliphatic heterocycles. The number of ether oxygens (including phenoxy) is 1. The number of aryl methyl sites for hydroxylation is 2. The van der Waals surface area contributed by atoms with Crippen LogP contribution in [0, 0.1) is 13.8 Å². The van der Waals surface area contributed by atoms with Crippen molar-refractivity contribution < 1.29 is 9.53 Å². The highest BCUT2D eigenvalue weighted by molar-refractivity contribution is 5.97. The quantitative estimate of drug-likeness (QED) is 0.833. The van der Waals surface area contributed by atoms with Crippen molar-refractivity contribution in [3.8, 4) is 5.75 Å². The minimum absolute atomic E-state index is 0.0561. The highest BCUT2D eigenvalue weighted by Crippen LogP contribution is 2.25. The van der Waals surface area contributed by atoms with Crippen LogP contribution >= 0.6 is 0 Å². The zero-order valence-electron chi connectivity index (χ0n) is 15.6. The molecular weight excluding hydrogens is 328 g/mol. The molecule has 0 radical (unpaired) electrons. The van der Waals surface area contributed by atoms with Gasteiger partial charge in [0.25, 0.3) is 5.91 Å². The molecule has 26 heavy (non-hydrogen) atoms. The Kier molecular flexibility index (Phi) is 5.71. The molecule has 1 aliphatic carbocycles. The topological polar surface area (TPSA) is 76.1 Å². The monoisotopic (exact) mass is 354 g/mol. The molecule has 0 bridgehead atoms. The Morgan fingerprint density at radius 2 is 2.00 bits per heavy atom. The number of benzene rings is 1. The van der Waals surface area contributed by atoms with E-state index in [1.165, 1.54) is 0 Å². The van der Waals surface area contributed by atoms with E-state index in [9.17, 15) is 4.79 Å². The van der Waals surface area contributed by atoms with Crippen LogP contribution in [0.4, 0.5) is 5.82 Å². The Hall–Kier alpha value is -2.63. The lowest BCUT2D eigenvalue weighted by Gasteiger charge is -2.23. The van der Waals surface area contributed by atoms with Gasteiger partial charge in [-0.3, -0.25) is 9.78 Å². The summed E-state index contributed by atoms with van der Waals surface area (Å²) in [6.07, 6.45) is 6.48. The van der Waals surface area contributed by atoms with E-state index < -0.39 is 0 Å². The van der Waals surface area contributed by atoms with Crippen LogP contribution in [0.1, 0.15) is 47.8 Å². The van der Waals surface area contributed by atoms with Gasteiger partial charge in [-0.05, 0) is 52.2 Å². The van der Waals surface area contributed by atoms with Gasteiger partial charge in [-0.2, -0.15) is 0 Å². The number of carbonyl (C=O) groups is 1. The van der Waals surface area contributed by atoms with Crippen molar-refractivity contribution in [2.45, 2.75) is 52.1 Å². The summed E-state index contributed by atoms with van der Waals surface area (Å²) in [5, 5.41) is 6.58. The molecule has 1 aliphatic rings. The lowest BCUT2D eigenvalue weighted by atomic mass is 10.1. The second kappa shape index (κ2) is 8.17. The van der Waals surface area contributed by atoms with Crippen LogP contribution in [0.5, 0.6) is 5.75 Å². The molecule has 2 atom stereocenters. The normalized spacial score (nSPS) is 19.2. The van der Waals surface area contributed by atoms with Crippen molar-refractivity contribution in [3.63, 3.8) is 0 Å². The first-order chi connectivity index (χ1) is 12.6. The van der Waals surface area contributed by atoms with Crippen LogP contribution in [0.3, 0.4) is 0 Å². The van der Waals surface area contributed by atoms with E-state index in [2.05, 4.69) is 20.6 Å². The number of nitrogens with zero attached hydrogens (tertiary/aromatic N) is 2. The van der Waals surface area contributed by atoms with Crippen LogP contribution in [0.2, 0.25) is 0 Å². The Labute approximate surface area is 154 Å². The van der Waals surface area contributed by atoms with Crippen molar-refractivity contribution in [2.75, 3.05) is 11.9 Å². The average Bonchev–Trinajstić information content (AvgIpc) is 3.05. The summed E-state index contributed by atoms with van der Waals surface area (Å²) >= 11 is 0. The Bertz CT molecular complexity index is 761. The fourth-order valence-electron chi connectivity index (χ4n) is 3.31. The first kappa shape index (κ1) is 18.2.